The Morgan fingerprint density at radius 1 is 1.03 bits per heavy atom. The van der Waals surface area contributed by atoms with Gasteiger partial charge in [-0.25, -0.2) is 9.69 Å². The second-order valence-corrected chi connectivity index (χ2v) is 9.40. The maximum Gasteiger partial charge on any atom is 0.335 e. The van der Waals surface area contributed by atoms with Gasteiger partial charge in [0.2, 0.25) is 0 Å². The Hall–Kier alpha value is -4.44. The van der Waals surface area contributed by atoms with Crippen LogP contribution in [0, 0.1) is 13.8 Å². The molecule has 194 valence electrons. The zero-order chi connectivity index (χ0) is 27.4. The Balaban J connectivity index is 1.58. The fourth-order valence-corrected chi connectivity index (χ4v) is 4.53. The lowest BCUT2D eigenvalue weighted by atomic mass is 10.0. The number of nitrogens with zero attached hydrogens (tertiary/aromatic N) is 1. The molecule has 1 aliphatic heterocycles. The van der Waals surface area contributed by atoms with Crippen molar-refractivity contribution in [2.45, 2.75) is 13.8 Å². The summed E-state index contributed by atoms with van der Waals surface area (Å²) in [4.78, 5) is 51.7. The summed E-state index contributed by atoms with van der Waals surface area (Å²) >= 11 is 3.41. The van der Waals surface area contributed by atoms with Crippen molar-refractivity contribution in [1.29, 1.82) is 0 Å². The van der Waals surface area contributed by atoms with Gasteiger partial charge in [0.05, 0.1) is 17.3 Å². The lowest BCUT2D eigenvalue weighted by Gasteiger charge is -2.27. The molecular weight excluding hydrogens is 554 g/mol. The second kappa shape index (κ2) is 11.3. The number of hydrogen-bond acceptors (Lipinski definition) is 6. The minimum atomic E-state index is -0.821. The topological polar surface area (TPSA) is 114 Å². The summed E-state index contributed by atoms with van der Waals surface area (Å²) in [5, 5.41) is 4.95. The first kappa shape index (κ1) is 26.6. The maximum atomic E-state index is 13.3. The molecule has 0 radical (unpaired) electrons. The van der Waals surface area contributed by atoms with E-state index in [9.17, 15) is 19.2 Å². The molecule has 1 heterocycles. The standard InChI is InChI=1S/C28H24BrN3O6/c1-16-9-17(2)11-20(10-16)32-27(35)21(26(34)31-28(32)36)12-18-13-22(29)25(23(14-18)37-3)38-15-24(33)30-19-7-5-4-6-8-19/h4-14H,15H2,1-3H3,(H,30,33)(H,31,34,36)/b21-12+. The number of imide groups is 2. The third-order valence-electron chi connectivity index (χ3n) is 5.53. The molecule has 38 heavy (non-hydrogen) atoms. The number of carbonyl (C=O) groups is 4. The van der Waals surface area contributed by atoms with E-state index in [1.807, 2.05) is 26.0 Å². The van der Waals surface area contributed by atoms with Gasteiger partial charge in [-0.05, 0) is 88.9 Å². The van der Waals surface area contributed by atoms with Crippen LogP contribution in [-0.2, 0) is 14.4 Å². The van der Waals surface area contributed by atoms with Gasteiger partial charge in [0, 0.05) is 5.69 Å². The van der Waals surface area contributed by atoms with Crippen LogP contribution >= 0.6 is 15.9 Å². The van der Waals surface area contributed by atoms with Gasteiger partial charge in [-0.2, -0.15) is 0 Å². The molecule has 1 saturated heterocycles. The largest absolute Gasteiger partial charge is 0.493 e. The van der Waals surface area contributed by atoms with Crippen molar-refractivity contribution in [2.24, 2.45) is 0 Å². The molecule has 0 unspecified atom stereocenters. The number of carbonyl (C=O) groups excluding carboxylic acids is 4. The van der Waals surface area contributed by atoms with Crippen molar-refractivity contribution in [1.82, 2.24) is 5.32 Å². The number of urea groups is 1. The van der Waals surface area contributed by atoms with Crippen molar-refractivity contribution in [3.05, 3.63) is 87.4 Å². The third kappa shape index (κ3) is 5.92. The normalized spacial score (nSPS) is 14.4. The minimum Gasteiger partial charge on any atom is -0.493 e. The Morgan fingerprint density at radius 3 is 2.37 bits per heavy atom. The Labute approximate surface area is 227 Å². The summed E-state index contributed by atoms with van der Waals surface area (Å²) in [7, 11) is 1.43. The zero-order valence-corrected chi connectivity index (χ0v) is 22.4. The van der Waals surface area contributed by atoms with E-state index < -0.39 is 17.8 Å². The first-order valence-corrected chi connectivity index (χ1v) is 12.3. The van der Waals surface area contributed by atoms with Gasteiger partial charge in [0.25, 0.3) is 17.7 Å². The SMILES string of the molecule is COc1cc(/C=C2\C(=O)NC(=O)N(c3cc(C)cc(C)c3)C2=O)cc(Br)c1OCC(=O)Nc1ccccc1. The number of ether oxygens (including phenoxy) is 2. The fraction of sp³-hybridized carbons (Fsp3) is 0.143. The van der Waals surface area contributed by atoms with Crippen LogP contribution in [0.3, 0.4) is 0 Å². The quantitative estimate of drug-likeness (QED) is 0.309. The highest BCUT2D eigenvalue weighted by atomic mass is 79.9. The second-order valence-electron chi connectivity index (χ2n) is 8.54. The van der Waals surface area contributed by atoms with E-state index in [1.165, 1.54) is 13.2 Å². The van der Waals surface area contributed by atoms with Crippen molar-refractivity contribution in [3.63, 3.8) is 0 Å². The lowest BCUT2D eigenvalue weighted by Crippen LogP contribution is -2.54. The predicted octanol–water partition coefficient (Wildman–Crippen LogP) is 4.76. The molecular formula is C28H24BrN3O6. The molecule has 1 aliphatic rings. The monoisotopic (exact) mass is 577 g/mol. The highest BCUT2D eigenvalue weighted by molar-refractivity contribution is 9.10. The summed E-state index contributed by atoms with van der Waals surface area (Å²) < 4.78 is 11.5. The number of hydrogen-bond donors (Lipinski definition) is 2. The molecule has 9 nitrogen and oxygen atoms in total. The summed E-state index contributed by atoms with van der Waals surface area (Å²) in [6.45, 7) is 3.42. The van der Waals surface area contributed by atoms with Crippen LogP contribution in [0.5, 0.6) is 11.5 Å². The van der Waals surface area contributed by atoms with E-state index in [2.05, 4.69) is 26.6 Å². The molecule has 0 bridgehead atoms. The smallest absolute Gasteiger partial charge is 0.335 e. The summed E-state index contributed by atoms with van der Waals surface area (Å²) in [5.74, 6) is -1.39. The van der Waals surface area contributed by atoms with E-state index in [-0.39, 0.29) is 29.6 Å². The average Bonchev–Trinajstić information content (AvgIpc) is 2.85. The molecule has 4 rings (SSSR count). The van der Waals surface area contributed by atoms with Crippen LogP contribution in [-0.4, -0.2) is 37.5 Å². The lowest BCUT2D eigenvalue weighted by molar-refractivity contribution is -0.122. The molecule has 10 heteroatoms. The molecule has 0 aliphatic carbocycles. The van der Waals surface area contributed by atoms with Crippen LogP contribution in [0.2, 0.25) is 0 Å². The highest BCUT2D eigenvalue weighted by Gasteiger charge is 2.37. The molecule has 2 N–H and O–H groups in total. The highest BCUT2D eigenvalue weighted by Crippen LogP contribution is 2.37. The number of benzene rings is 3. The number of barbiturate groups is 1. The molecule has 3 aromatic rings. The number of nitrogens with one attached hydrogen (secondary N) is 2. The summed E-state index contributed by atoms with van der Waals surface area (Å²) in [6.07, 6.45) is 1.36. The maximum absolute atomic E-state index is 13.3. The van der Waals surface area contributed by atoms with Gasteiger partial charge in [-0.3, -0.25) is 19.7 Å². The van der Waals surface area contributed by atoms with E-state index in [4.69, 9.17) is 9.47 Å². The molecule has 5 amide bonds. The third-order valence-corrected chi connectivity index (χ3v) is 6.12. The van der Waals surface area contributed by atoms with Crippen molar-refractivity contribution in [2.75, 3.05) is 23.9 Å². The average molecular weight is 578 g/mol. The van der Waals surface area contributed by atoms with Gasteiger partial charge in [0.15, 0.2) is 18.1 Å². The van der Waals surface area contributed by atoms with E-state index >= 15 is 0 Å². The summed E-state index contributed by atoms with van der Waals surface area (Å²) in [6, 6.07) is 16.6. The van der Waals surface area contributed by atoms with Crippen molar-refractivity contribution >= 4 is 57.1 Å². The molecule has 0 saturated carbocycles. The Bertz CT molecular complexity index is 1450. The fourth-order valence-electron chi connectivity index (χ4n) is 3.96. The van der Waals surface area contributed by atoms with Gasteiger partial charge in [-0.1, -0.05) is 24.3 Å². The number of amides is 5. The first-order valence-electron chi connectivity index (χ1n) is 11.5. The number of para-hydroxylation sites is 1. The molecule has 0 spiro atoms. The van der Waals surface area contributed by atoms with E-state index in [0.717, 1.165) is 16.0 Å². The Morgan fingerprint density at radius 2 is 1.71 bits per heavy atom. The van der Waals surface area contributed by atoms with Crippen molar-refractivity contribution in [3.8, 4) is 11.5 Å². The number of halogens is 1. The van der Waals surface area contributed by atoms with E-state index in [0.29, 0.717) is 21.4 Å². The number of anilines is 2. The van der Waals surface area contributed by atoms with Gasteiger partial charge in [0.1, 0.15) is 5.57 Å². The van der Waals surface area contributed by atoms with Gasteiger partial charge in [-0.15, -0.1) is 0 Å². The number of methoxy groups -OCH3 is 1. The number of aryl methyl sites for hydroxylation is 2. The van der Waals surface area contributed by atoms with Crippen LogP contribution < -0.4 is 25.0 Å². The first-order chi connectivity index (χ1) is 18.2. The van der Waals surface area contributed by atoms with Gasteiger partial charge < -0.3 is 14.8 Å². The predicted molar refractivity (Wildman–Crippen MR) is 146 cm³/mol. The van der Waals surface area contributed by atoms with Crippen LogP contribution in [0.4, 0.5) is 16.2 Å². The van der Waals surface area contributed by atoms with E-state index in [1.54, 1.807) is 48.5 Å². The molecule has 0 aromatic heterocycles. The van der Waals surface area contributed by atoms with Crippen LogP contribution in [0.1, 0.15) is 16.7 Å². The van der Waals surface area contributed by atoms with Crippen LogP contribution in [0.15, 0.2) is 70.7 Å². The van der Waals surface area contributed by atoms with Crippen molar-refractivity contribution < 1.29 is 28.7 Å². The zero-order valence-electron chi connectivity index (χ0n) is 20.8. The minimum absolute atomic E-state index is 0.228. The molecule has 1 fully saturated rings. The molecule has 3 aromatic carbocycles. The summed E-state index contributed by atoms with van der Waals surface area (Å²) in [5.41, 5.74) is 2.93. The Kier molecular flexibility index (Phi) is 7.92. The number of rotatable bonds is 7. The van der Waals surface area contributed by atoms with Gasteiger partial charge >= 0.3 is 6.03 Å². The van der Waals surface area contributed by atoms with Crippen LogP contribution in [0.25, 0.3) is 6.08 Å². The molecule has 0 atom stereocenters.